The number of allylic oxidation sites excluding steroid dienone is 3. The van der Waals surface area contributed by atoms with Gasteiger partial charge in [0.2, 0.25) is 5.91 Å². The van der Waals surface area contributed by atoms with Crippen molar-refractivity contribution in [2.45, 2.75) is 50.0 Å². The largest absolute Gasteiger partial charge is 0.405 e. The summed E-state index contributed by atoms with van der Waals surface area (Å²) in [6, 6.07) is -0.285. The van der Waals surface area contributed by atoms with E-state index in [4.69, 9.17) is 4.74 Å². The van der Waals surface area contributed by atoms with E-state index in [0.29, 0.717) is 44.2 Å². The number of nitrogens with zero attached hydrogens (tertiary/aromatic N) is 1. The van der Waals surface area contributed by atoms with E-state index < -0.39 is 12.7 Å². The van der Waals surface area contributed by atoms with Crippen LogP contribution in [0.1, 0.15) is 25.7 Å². The predicted octanol–water partition coefficient (Wildman–Crippen LogP) is 2.10. The van der Waals surface area contributed by atoms with Crippen LogP contribution in [-0.4, -0.2) is 81.0 Å². The van der Waals surface area contributed by atoms with Crippen molar-refractivity contribution in [3.05, 3.63) is 70.9 Å². The molecule has 0 aromatic rings. The van der Waals surface area contributed by atoms with Gasteiger partial charge in [-0.05, 0) is 67.2 Å². The minimum atomic E-state index is -4.33. The summed E-state index contributed by atoms with van der Waals surface area (Å²) in [7, 11) is 0. The number of carbonyl (C=O) groups is 1. The fourth-order valence-corrected chi connectivity index (χ4v) is 5.47. The highest BCUT2D eigenvalue weighted by Crippen LogP contribution is 2.35. The Labute approximate surface area is 238 Å². The first-order valence-corrected chi connectivity index (χ1v) is 14.2. The molecule has 0 spiro atoms. The summed E-state index contributed by atoms with van der Waals surface area (Å²) in [4.78, 5) is 13.9. The molecule has 8 nitrogen and oxygen atoms in total. The lowest BCUT2D eigenvalue weighted by Gasteiger charge is -2.31. The second kappa shape index (κ2) is 13.5. The van der Waals surface area contributed by atoms with Crippen LogP contribution in [0.5, 0.6) is 0 Å². The lowest BCUT2D eigenvalue weighted by molar-refractivity contribution is -0.143. The molecule has 1 saturated heterocycles. The van der Waals surface area contributed by atoms with E-state index >= 15 is 0 Å². The van der Waals surface area contributed by atoms with Gasteiger partial charge < -0.3 is 36.2 Å². The molecule has 220 valence electrons. The fraction of sp³-hybridized carbons (Fsp3) is 0.500. The highest BCUT2D eigenvalue weighted by Gasteiger charge is 2.39. The highest BCUT2D eigenvalue weighted by molar-refractivity contribution is 5.84. The van der Waals surface area contributed by atoms with E-state index in [1.54, 1.807) is 6.08 Å². The van der Waals surface area contributed by atoms with Crippen LogP contribution in [0, 0.1) is 11.8 Å². The van der Waals surface area contributed by atoms with Crippen molar-refractivity contribution >= 4 is 5.91 Å². The van der Waals surface area contributed by atoms with Gasteiger partial charge in [0, 0.05) is 43.7 Å². The minimum absolute atomic E-state index is 0.0887. The van der Waals surface area contributed by atoms with Crippen molar-refractivity contribution in [2.75, 3.05) is 45.9 Å². The van der Waals surface area contributed by atoms with E-state index in [-0.39, 0.29) is 24.5 Å². The Kier molecular flexibility index (Phi) is 9.54. The van der Waals surface area contributed by atoms with Crippen molar-refractivity contribution in [3.63, 3.8) is 0 Å². The molecule has 5 rings (SSSR count). The first-order valence-electron chi connectivity index (χ1n) is 14.2. The summed E-state index contributed by atoms with van der Waals surface area (Å²) >= 11 is 0. The number of ether oxygens (including phenoxy) is 1. The Morgan fingerprint density at radius 2 is 1.98 bits per heavy atom. The Bertz CT molecular complexity index is 1230. The summed E-state index contributed by atoms with van der Waals surface area (Å²) in [5, 5.41) is 16.0. The average molecular weight is 571 g/mol. The van der Waals surface area contributed by atoms with Gasteiger partial charge in [-0.3, -0.25) is 4.79 Å². The molecule has 2 unspecified atom stereocenters. The van der Waals surface area contributed by atoms with Crippen LogP contribution < -0.4 is 26.6 Å². The molecule has 0 aromatic carbocycles. The normalized spacial score (nSPS) is 24.5. The first-order chi connectivity index (χ1) is 19.8. The van der Waals surface area contributed by atoms with Gasteiger partial charge >= 0.3 is 6.18 Å². The van der Waals surface area contributed by atoms with Crippen LogP contribution in [0.4, 0.5) is 13.2 Å². The van der Waals surface area contributed by atoms with E-state index in [0.717, 1.165) is 48.6 Å². The maximum Gasteiger partial charge on any atom is 0.405 e. The Balaban J connectivity index is 1.15. The molecule has 0 saturated carbocycles. The molecule has 5 N–H and O–H groups in total. The summed E-state index contributed by atoms with van der Waals surface area (Å²) in [5.41, 5.74) is 4.07. The zero-order valence-electron chi connectivity index (χ0n) is 22.9. The van der Waals surface area contributed by atoms with Crippen molar-refractivity contribution in [3.8, 4) is 11.8 Å². The first kappa shape index (κ1) is 29.0. The molecule has 2 atom stereocenters. The molecule has 41 heavy (non-hydrogen) atoms. The van der Waals surface area contributed by atoms with Gasteiger partial charge in [0.15, 0.2) is 0 Å². The van der Waals surface area contributed by atoms with Crippen LogP contribution in [0.15, 0.2) is 70.9 Å². The number of carbonyl (C=O) groups excluding carboxylic acids is 1. The van der Waals surface area contributed by atoms with Crippen LogP contribution in [0.25, 0.3) is 0 Å². The Hall–Kier alpha value is -3.46. The zero-order valence-corrected chi connectivity index (χ0v) is 22.9. The molecule has 11 heteroatoms. The summed E-state index contributed by atoms with van der Waals surface area (Å²) in [6.45, 7) is 2.51. The molecule has 1 fully saturated rings. The standard InChI is InChI=1S/C30H37F3N6O2/c31-30(32,33)20-39-26(16-22-15-21(5-8-28(22)39)17-36-23-9-13-41-14-10-23)4-2-12-35-24-6-7-27(37-19-24)29(40)38-25-3-1-11-34-18-25/h1,3,5-6,11,15-16,23,27-28,34-37H,7-10,12-14,17-20H2,(H,38,40). The number of dihydropyridines is 1. The summed E-state index contributed by atoms with van der Waals surface area (Å²) in [5.74, 6) is 5.88. The van der Waals surface area contributed by atoms with Gasteiger partial charge in [0.25, 0.3) is 0 Å². The number of halogens is 3. The number of alkyl halides is 3. The minimum Gasteiger partial charge on any atom is -0.385 e. The van der Waals surface area contributed by atoms with Crippen LogP contribution in [0.3, 0.4) is 0 Å². The second-order valence-corrected chi connectivity index (χ2v) is 10.7. The topological polar surface area (TPSA) is 89.7 Å². The highest BCUT2D eigenvalue weighted by atomic mass is 19.4. The molecule has 5 aliphatic rings. The van der Waals surface area contributed by atoms with Crippen LogP contribution in [-0.2, 0) is 9.53 Å². The molecular weight excluding hydrogens is 533 g/mol. The quantitative estimate of drug-likeness (QED) is 0.286. The van der Waals surface area contributed by atoms with E-state index in [9.17, 15) is 18.0 Å². The van der Waals surface area contributed by atoms with Crippen LogP contribution >= 0.6 is 0 Å². The van der Waals surface area contributed by atoms with Crippen molar-refractivity contribution in [1.29, 1.82) is 0 Å². The van der Waals surface area contributed by atoms with Gasteiger partial charge in [0.1, 0.15) is 6.54 Å². The number of fused-ring (bicyclic) bond motifs is 1. The lowest BCUT2D eigenvalue weighted by atomic mass is 9.95. The van der Waals surface area contributed by atoms with Crippen molar-refractivity contribution in [1.82, 2.24) is 31.5 Å². The molecule has 0 radical (unpaired) electrons. The van der Waals surface area contributed by atoms with Crippen LogP contribution in [0.2, 0.25) is 0 Å². The molecule has 4 aliphatic heterocycles. The van der Waals surface area contributed by atoms with E-state index in [1.165, 1.54) is 4.90 Å². The number of rotatable bonds is 8. The fourth-order valence-electron chi connectivity index (χ4n) is 5.47. The third kappa shape index (κ3) is 8.28. The third-order valence-electron chi connectivity index (χ3n) is 7.66. The summed E-state index contributed by atoms with van der Waals surface area (Å²) < 4.78 is 45.8. The molecule has 1 amide bonds. The van der Waals surface area contributed by atoms with Gasteiger partial charge in [-0.15, -0.1) is 0 Å². The maximum absolute atomic E-state index is 13.5. The monoisotopic (exact) mass is 570 g/mol. The van der Waals surface area contributed by atoms with Gasteiger partial charge in [-0.2, -0.15) is 13.2 Å². The third-order valence-corrected chi connectivity index (χ3v) is 7.66. The van der Waals surface area contributed by atoms with Gasteiger partial charge in [-0.1, -0.05) is 24.1 Å². The number of hydrogen-bond donors (Lipinski definition) is 5. The van der Waals surface area contributed by atoms with Gasteiger partial charge in [-0.25, -0.2) is 0 Å². The van der Waals surface area contributed by atoms with Crippen molar-refractivity contribution < 1.29 is 22.7 Å². The van der Waals surface area contributed by atoms with E-state index in [1.807, 2.05) is 36.6 Å². The predicted molar refractivity (Wildman–Crippen MR) is 151 cm³/mol. The van der Waals surface area contributed by atoms with Crippen molar-refractivity contribution in [2.24, 2.45) is 0 Å². The molecule has 1 aliphatic carbocycles. The van der Waals surface area contributed by atoms with Gasteiger partial charge in [0.05, 0.1) is 30.9 Å². The molecular formula is C30H37F3N6O2. The number of nitrogens with one attached hydrogen (secondary N) is 5. The second-order valence-electron chi connectivity index (χ2n) is 10.7. The maximum atomic E-state index is 13.5. The Morgan fingerprint density at radius 1 is 1.12 bits per heavy atom. The smallest absolute Gasteiger partial charge is 0.385 e. The molecule has 0 aromatic heterocycles. The number of amides is 1. The van der Waals surface area contributed by atoms with E-state index in [2.05, 4.69) is 38.4 Å². The Morgan fingerprint density at radius 3 is 2.71 bits per heavy atom. The molecule has 4 heterocycles. The summed E-state index contributed by atoms with van der Waals surface area (Å²) in [6.07, 6.45) is 12.0. The number of hydrogen-bond acceptors (Lipinski definition) is 7. The molecule has 0 bridgehead atoms. The SMILES string of the molecule is O=C(NC1=CC=CNC1)C1CC=C(NCC#CC2=CC3=CC(CNC4CCOCC4)=CCC3N2CC(F)(F)F)CN1. The lowest BCUT2D eigenvalue weighted by Crippen LogP contribution is -2.48. The zero-order chi connectivity index (χ0) is 28.7. The average Bonchev–Trinajstić information content (AvgIpc) is 3.30.